The number of carbonyl (C=O) groups is 2. The van der Waals surface area contributed by atoms with E-state index in [1.807, 2.05) is 26.0 Å². The molecular weight excluding hydrogens is 654 g/mol. The molecule has 2 aliphatic rings. The second-order valence-electron chi connectivity index (χ2n) is 12.4. The van der Waals surface area contributed by atoms with Crippen LogP contribution in [0.25, 0.3) is 11.5 Å². The van der Waals surface area contributed by atoms with Gasteiger partial charge >= 0.3 is 12.4 Å². The zero-order valence-electron chi connectivity index (χ0n) is 28.4. The van der Waals surface area contributed by atoms with Crippen LogP contribution in [-0.4, -0.2) is 77.4 Å². The SMILES string of the molecule is CCOC(=O)CNc1ccc(-c2noc(C(F)F)n2)nc1C1CCN(c2ncnc3c2C(C)(C)C(=O)N3Cc2ccc(OC)cc2OC)CC1. The van der Waals surface area contributed by atoms with Gasteiger partial charge in [-0.2, -0.15) is 13.8 Å². The lowest BCUT2D eigenvalue weighted by Gasteiger charge is -2.35. The standard InChI is InChI=1S/C34H38F2N8O6/c1-6-49-25(45)16-37-22-9-10-23(29-41-32(28(35)36)50-42-29)40-27(22)19-11-13-43(14-12-19)30-26-31(39-18-38-30)44(33(46)34(26,2)3)17-20-7-8-21(47-4)15-24(20)48-5/h7-10,15,18-19,28,37H,6,11-14,16-17H2,1-5H3. The van der Waals surface area contributed by atoms with E-state index in [0.29, 0.717) is 60.4 Å². The van der Waals surface area contributed by atoms with Crippen LogP contribution in [0.15, 0.2) is 41.2 Å². The van der Waals surface area contributed by atoms with E-state index in [2.05, 4.69) is 30.3 Å². The van der Waals surface area contributed by atoms with E-state index >= 15 is 0 Å². The maximum atomic E-state index is 13.9. The minimum atomic E-state index is -2.91. The maximum absolute atomic E-state index is 13.9. The molecule has 1 fully saturated rings. The monoisotopic (exact) mass is 692 g/mol. The first-order valence-corrected chi connectivity index (χ1v) is 16.2. The van der Waals surface area contributed by atoms with Gasteiger partial charge in [0.1, 0.15) is 41.7 Å². The van der Waals surface area contributed by atoms with Crippen LogP contribution >= 0.6 is 0 Å². The Hall–Kier alpha value is -5.41. The van der Waals surface area contributed by atoms with Gasteiger partial charge in [0.05, 0.1) is 49.7 Å². The third-order valence-electron chi connectivity index (χ3n) is 8.98. The molecule has 0 bridgehead atoms. The van der Waals surface area contributed by atoms with Crippen molar-refractivity contribution >= 4 is 29.2 Å². The van der Waals surface area contributed by atoms with Crippen LogP contribution < -0.4 is 24.6 Å². The molecule has 0 atom stereocenters. The average molecular weight is 693 g/mol. The highest BCUT2D eigenvalue weighted by Crippen LogP contribution is 2.47. The van der Waals surface area contributed by atoms with Gasteiger partial charge in [-0.05, 0) is 57.9 Å². The van der Waals surface area contributed by atoms with E-state index in [1.165, 1.54) is 6.33 Å². The predicted octanol–water partition coefficient (Wildman–Crippen LogP) is 5.06. The van der Waals surface area contributed by atoms with Gasteiger partial charge < -0.3 is 29.0 Å². The van der Waals surface area contributed by atoms with E-state index < -0.39 is 23.7 Å². The molecule has 1 aromatic carbocycles. The molecule has 0 aliphatic carbocycles. The molecule has 16 heteroatoms. The lowest BCUT2D eigenvalue weighted by atomic mass is 9.86. The molecule has 2 aliphatic heterocycles. The lowest BCUT2D eigenvalue weighted by molar-refractivity contribution is -0.140. The summed E-state index contributed by atoms with van der Waals surface area (Å²) >= 11 is 0. The van der Waals surface area contributed by atoms with Crippen LogP contribution in [0.1, 0.15) is 68.7 Å². The Kier molecular flexibility index (Phi) is 9.79. The van der Waals surface area contributed by atoms with Gasteiger partial charge in [0.15, 0.2) is 0 Å². The zero-order valence-corrected chi connectivity index (χ0v) is 28.4. The molecule has 6 rings (SSSR count). The predicted molar refractivity (Wildman–Crippen MR) is 178 cm³/mol. The van der Waals surface area contributed by atoms with Gasteiger partial charge in [-0.25, -0.2) is 15.0 Å². The third kappa shape index (κ3) is 6.61. The number of amides is 1. The number of nitrogens with zero attached hydrogens (tertiary/aromatic N) is 7. The molecule has 0 spiro atoms. The highest BCUT2D eigenvalue weighted by Gasteiger charge is 2.48. The highest BCUT2D eigenvalue weighted by molar-refractivity contribution is 6.08. The third-order valence-corrected chi connectivity index (χ3v) is 8.98. The topological polar surface area (TPSA) is 158 Å². The first-order chi connectivity index (χ1) is 24.0. The fraction of sp³-hybridized carbons (Fsp3) is 0.441. The van der Waals surface area contributed by atoms with Gasteiger partial charge in [0.2, 0.25) is 11.7 Å². The number of aromatic nitrogens is 5. The summed E-state index contributed by atoms with van der Waals surface area (Å²) in [5.41, 5.74) is 2.17. The van der Waals surface area contributed by atoms with Crippen LogP contribution in [-0.2, 0) is 26.3 Å². The zero-order chi connectivity index (χ0) is 35.6. The largest absolute Gasteiger partial charge is 0.497 e. The number of nitrogens with one attached hydrogen (secondary N) is 1. The van der Waals surface area contributed by atoms with E-state index in [4.69, 9.17) is 23.7 Å². The Morgan fingerprint density at radius 1 is 1.08 bits per heavy atom. The van der Waals surface area contributed by atoms with Crippen LogP contribution in [0.2, 0.25) is 0 Å². The van der Waals surface area contributed by atoms with Crippen molar-refractivity contribution in [1.82, 2.24) is 25.1 Å². The van der Waals surface area contributed by atoms with Crippen molar-refractivity contribution in [3.8, 4) is 23.0 Å². The summed E-state index contributed by atoms with van der Waals surface area (Å²) in [6.45, 7) is 7.07. The van der Waals surface area contributed by atoms with Crippen molar-refractivity contribution in [2.24, 2.45) is 0 Å². The van der Waals surface area contributed by atoms with Crippen molar-refractivity contribution in [2.45, 2.75) is 57.9 Å². The Labute approximate surface area is 287 Å². The Bertz CT molecular complexity index is 1880. The molecular formula is C34H38F2N8O6. The normalized spacial score (nSPS) is 15.7. The number of rotatable bonds is 12. The smallest absolute Gasteiger partial charge is 0.325 e. The quantitative estimate of drug-likeness (QED) is 0.197. The number of anilines is 3. The summed E-state index contributed by atoms with van der Waals surface area (Å²) in [6, 6.07) is 8.79. The minimum absolute atomic E-state index is 0.0591. The molecule has 0 unspecified atom stereocenters. The number of fused-ring (bicyclic) bond motifs is 1. The molecule has 4 aromatic rings. The number of carbonyl (C=O) groups excluding carboxylic acids is 2. The van der Waals surface area contributed by atoms with Crippen LogP contribution in [0.5, 0.6) is 11.5 Å². The van der Waals surface area contributed by atoms with E-state index in [-0.39, 0.29) is 43.0 Å². The lowest BCUT2D eigenvalue weighted by Crippen LogP contribution is -2.38. The number of hydrogen-bond acceptors (Lipinski definition) is 13. The molecule has 3 aromatic heterocycles. The summed E-state index contributed by atoms with van der Waals surface area (Å²) in [5.74, 6) is 1.02. The molecule has 14 nitrogen and oxygen atoms in total. The Morgan fingerprint density at radius 2 is 1.84 bits per heavy atom. The number of methoxy groups -OCH3 is 2. The van der Waals surface area contributed by atoms with Crippen molar-refractivity contribution in [3.05, 3.63) is 59.4 Å². The molecule has 0 saturated carbocycles. The summed E-state index contributed by atoms with van der Waals surface area (Å²) < 4.78 is 47.0. The van der Waals surface area contributed by atoms with Gasteiger partial charge in [-0.15, -0.1) is 0 Å². The maximum Gasteiger partial charge on any atom is 0.325 e. The van der Waals surface area contributed by atoms with Gasteiger partial charge in [-0.1, -0.05) is 5.16 Å². The molecule has 1 amide bonds. The van der Waals surface area contributed by atoms with Crippen molar-refractivity contribution in [3.63, 3.8) is 0 Å². The number of benzene rings is 1. The van der Waals surface area contributed by atoms with E-state index in [0.717, 1.165) is 11.1 Å². The minimum Gasteiger partial charge on any atom is -0.497 e. The first-order valence-electron chi connectivity index (χ1n) is 16.2. The van der Waals surface area contributed by atoms with E-state index in [9.17, 15) is 18.4 Å². The number of esters is 1. The van der Waals surface area contributed by atoms with Crippen LogP contribution in [0, 0.1) is 0 Å². The van der Waals surface area contributed by atoms with Gasteiger partial charge in [0.25, 0.3) is 5.89 Å². The molecule has 1 saturated heterocycles. The number of hydrogen-bond donors (Lipinski definition) is 1. The van der Waals surface area contributed by atoms with Crippen molar-refractivity contribution in [1.29, 1.82) is 0 Å². The molecule has 264 valence electrons. The van der Waals surface area contributed by atoms with Gasteiger partial charge in [0, 0.05) is 30.6 Å². The number of pyridine rings is 1. The molecule has 50 heavy (non-hydrogen) atoms. The second kappa shape index (κ2) is 14.2. The Balaban J connectivity index is 1.26. The van der Waals surface area contributed by atoms with Crippen molar-refractivity contribution in [2.75, 3.05) is 55.6 Å². The molecule has 5 heterocycles. The van der Waals surface area contributed by atoms with Crippen LogP contribution in [0.4, 0.5) is 26.1 Å². The van der Waals surface area contributed by atoms with E-state index in [1.54, 1.807) is 44.2 Å². The number of alkyl halides is 2. The van der Waals surface area contributed by atoms with Crippen molar-refractivity contribution < 1.29 is 37.1 Å². The summed E-state index contributed by atoms with van der Waals surface area (Å²) in [7, 11) is 3.16. The average Bonchev–Trinajstić information content (AvgIpc) is 3.70. The number of piperidine rings is 1. The first kappa shape index (κ1) is 34.5. The number of halogens is 2. The Morgan fingerprint density at radius 3 is 2.52 bits per heavy atom. The molecule has 1 N–H and O–H groups in total. The summed E-state index contributed by atoms with van der Waals surface area (Å²) in [4.78, 5) is 47.7. The second-order valence-corrected chi connectivity index (χ2v) is 12.4. The summed E-state index contributed by atoms with van der Waals surface area (Å²) in [5, 5.41) is 6.80. The highest BCUT2D eigenvalue weighted by atomic mass is 19.3. The summed E-state index contributed by atoms with van der Waals surface area (Å²) in [6.07, 6.45) is -0.155. The van der Waals surface area contributed by atoms with Gasteiger partial charge in [-0.3, -0.25) is 14.5 Å². The number of ether oxygens (including phenoxy) is 3. The fourth-order valence-electron chi connectivity index (χ4n) is 6.44. The van der Waals surface area contributed by atoms with Crippen LogP contribution in [0.3, 0.4) is 0 Å². The molecule has 0 radical (unpaired) electrons. The fourth-order valence-corrected chi connectivity index (χ4v) is 6.44.